The maximum absolute atomic E-state index is 12.6. The minimum absolute atomic E-state index is 0.0000286. The van der Waals surface area contributed by atoms with E-state index in [1.165, 1.54) is 10.7 Å². The molecule has 2 aromatic rings. The molecule has 10 heteroatoms. The molecule has 0 aliphatic carbocycles. The van der Waals surface area contributed by atoms with Gasteiger partial charge in [-0.3, -0.25) is 4.68 Å². The molecule has 9 nitrogen and oxygen atoms in total. The largest absolute Gasteiger partial charge is 0.486 e. The molecule has 0 spiro atoms. The Morgan fingerprint density at radius 1 is 1.27 bits per heavy atom. The first-order valence-corrected chi connectivity index (χ1v) is 11.4. The van der Waals surface area contributed by atoms with E-state index < -0.39 is 16.1 Å². The lowest BCUT2D eigenvalue weighted by Crippen LogP contribution is -2.35. The van der Waals surface area contributed by atoms with Gasteiger partial charge in [0, 0.05) is 18.7 Å². The average molecular weight is 437 g/mol. The molecule has 0 bridgehead atoms. The molecule has 0 radical (unpaired) electrons. The Morgan fingerprint density at radius 2 is 2.03 bits per heavy atom. The molecule has 1 aromatic carbocycles. The van der Waals surface area contributed by atoms with Gasteiger partial charge in [-0.2, -0.15) is 13.5 Å². The maximum Gasteiger partial charge on any atom is 0.333 e. The molecular formula is C20H28N4O5S. The van der Waals surface area contributed by atoms with Crippen molar-refractivity contribution in [2.45, 2.75) is 57.2 Å². The third-order valence-corrected chi connectivity index (χ3v) is 5.94. The first-order valence-electron chi connectivity index (χ1n) is 9.93. The maximum atomic E-state index is 12.6. The summed E-state index contributed by atoms with van der Waals surface area (Å²) in [5, 5.41) is 6.46. The van der Waals surface area contributed by atoms with Crippen molar-refractivity contribution in [1.29, 1.82) is 0 Å². The van der Waals surface area contributed by atoms with Gasteiger partial charge in [-0.05, 0) is 37.5 Å². The number of para-hydroxylation sites is 1. The van der Waals surface area contributed by atoms with Crippen LogP contribution in [0.1, 0.15) is 51.6 Å². The number of aromatic nitrogens is 2. The van der Waals surface area contributed by atoms with Crippen LogP contribution in [0, 0.1) is 0 Å². The van der Waals surface area contributed by atoms with Crippen molar-refractivity contribution in [1.82, 2.24) is 14.5 Å². The van der Waals surface area contributed by atoms with Gasteiger partial charge >= 0.3 is 6.03 Å². The quantitative estimate of drug-likeness (QED) is 0.689. The molecule has 3 rings (SSSR count). The minimum atomic E-state index is -4.12. The molecule has 0 saturated carbocycles. The van der Waals surface area contributed by atoms with Crippen LogP contribution in [0.2, 0.25) is 0 Å². The summed E-state index contributed by atoms with van der Waals surface area (Å²) in [5.41, 5.74) is 1.28. The van der Waals surface area contributed by atoms with Crippen molar-refractivity contribution in [3.8, 4) is 5.75 Å². The van der Waals surface area contributed by atoms with Gasteiger partial charge in [-0.1, -0.05) is 26.0 Å². The summed E-state index contributed by atoms with van der Waals surface area (Å²) >= 11 is 0. The Bertz CT molecular complexity index is 994. The highest BCUT2D eigenvalue weighted by Gasteiger charge is 2.24. The third-order valence-electron chi connectivity index (χ3n) is 4.72. The Hall–Kier alpha value is -2.59. The number of amides is 2. The number of ether oxygens (including phenoxy) is 2. The van der Waals surface area contributed by atoms with E-state index in [4.69, 9.17) is 9.47 Å². The fourth-order valence-corrected chi connectivity index (χ4v) is 3.95. The molecule has 1 aliphatic heterocycles. The topological polar surface area (TPSA) is 112 Å². The van der Waals surface area contributed by atoms with E-state index >= 15 is 0 Å². The van der Waals surface area contributed by atoms with E-state index in [1.807, 2.05) is 44.5 Å². The van der Waals surface area contributed by atoms with Crippen LogP contribution >= 0.6 is 0 Å². The molecular weight excluding hydrogens is 408 g/mol. The fraction of sp³-hybridized carbons (Fsp3) is 0.500. The van der Waals surface area contributed by atoms with Crippen molar-refractivity contribution in [2.24, 2.45) is 0 Å². The van der Waals surface area contributed by atoms with Gasteiger partial charge in [0.15, 0.2) is 5.03 Å². The Balaban J connectivity index is 1.80. The number of carbonyl (C=O) groups is 1. The second-order valence-corrected chi connectivity index (χ2v) is 9.40. The van der Waals surface area contributed by atoms with Gasteiger partial charge in [-0.25, -0.2) is 9.52 Å². The Kier molecular flexibility index (Phi) is 6.67. The monoisotopic (exact) mass is 436 g/mol. The van der Waals surface area contributed by atoms with Crippen molar-refractivity contribution in [2.75, 3.05) is 18.5 Å². The summed E-state index contributed by atoms with van der Waals surface area (Å²) in [5.74, 6) is 0.565. The van der Waals surface area contributed by atoms with Gasteiger partial charge in [0.05, 0.1) is 18.9 Å². The lowest BCUT2D eigenvalue weighted by Gasteiger charge is -2.20. The van der Waals surface area contributed by atoms with E-state index in [1.54, 1.807) is 12.3 Å². The molecule has 2 heterocycles. The number of nitrogens with zero attached hydrogens (tertiary/aromatic N) is 2. The van der Waals surface area contributed by atoms with E-state index in [0.29, 0.717) is 24.7 Å². The van der Waals surface area contributed by atoms with Crippen LogP contribution < -0.4 is 14.8 Å². The number of nitrogens with one attached hydrogen (secondary N) is 2. The van der Waals surface area contributed by atoms with Gasteiger partial charge in [0.25, 0.3) is 10.0 Å². The second kappa shape index (κ2) is 9.05. The number of hydrogen-bond acceptors (Lipinski definition) is 6. The third kappa shape index (κ3) is 5.11. The normalized spacial score (nSPS) is 16.8. The number of sulfonamides is 1. The zero-order valence-corrected chi connectivity index (χ0v) is 18.4. The molecule has 1 fully saturated rings. The van der Waals surface area contributed by atoms with Gasteiger partial charge in [0.2, 0.25) is 0 Å². The lowest BCUT2D eigenvalue weighted by molar-refractivity contribution is 0.142. The van der Waals surface area contributed by atoms with Crippen molar-refractivity contribution >= 4 is 21.7 Å². The zero-order chi connectivity index (χ0) is 21.9. The molecule has 1 saturated heterocycles. The highest BCUT2D eigenvalue weighted by atomic mass is 32.2. The number of urea groups is 1. The summed E-state index contributed by atoms with van der Waals surface area (Å²) in [6, 6.07) is 5.94. The number of rotatable bonds is 7. The molecule has 2 amide bonds. The summed E-state index contributed by atoms with van der Waals surface area (Å²) in [4.78, 5) is 12.6. The average Bonchev–Trinajstić information content (AvgIpc) is 3.34. The number of benzene rings is 1. The number of hydrogen-bond donors (Lipinski definition) is 2. The SMILES string of the molecule is CC(C)c1cccc(O[C@H]2CCOC2)c1NC(=O)NS(=O)(=O)c1ccn(C(C)C)n1. The number of anilines is 1. The van der Waals surface area contributed by atoms with Gasteiger partial charge in [0.1, 0.15) is 11.9 Å². The van der Waals surface area contributed by atoms with Crippen molar-refractivity contribution < 1.29 is 22.7 Å². The molecule has 0 unspecified atom stereocenters. The summed E-state index contributed by atoms with van der Waals surface area (Å²) in [6.45, 7) is 8.82. The highest BCUT2D eigenvalue weighted by molar-refractivity contribution is 7.90. The summed E-state index contributed by atoms with van der Waals surface area (Å²) in [7, 11) is -4.12. The van der Waals surface area contributed by atoms with Crippen LogP contribution in [0.25, 0.3) is 0 Å². The molecule has 2 N–H and O–H groups in total. The minimum Gasteiger partial charge on any atom is -0.486 e. The van der Waals surface area contributed by atoms with Crippen LogP contribution in [-0.4, -0.2) is 43.5 Å². The van der Waals surface area contributed by atoms with Crippen molar-refractivity contribution in [3.63, 3.8) is 0 Å². The second-order valence-electron chi connectivity index (χ2n) is 7.77. The van der Waals surface area contributed by atoms with Gasteiger partial charge in [-0.15, -0.1) is 0 Å². The van der Waals surface area contributed by atoms with E-state index in [-0.39, 0.29) is 23.1 Å². The van der Waals surface area contributed by atoms with Crippen LogP contribution in [-0.2, 0) is 14.8 Å². The molecule has 164 valence electrons. The van der Waals surface area contributed by atoms with Gasteiger partial charge < -0.3 is 14.8 Å². The fourth-order valence-electron chi connectivity index (χ4n) is 3.11. The molecule has 1 atom stereocenters. The van der Waals surface area contributed by atoms with Crippen molar-refractivity contribution in [3.05, 3.63) is 36.0 Å². The van der Waals surface area contributed by atoms with Crippen LogP contribution in [0.3, 0.4) is 0 Å². The Morgan fingerprint density at radius 3 is 2.63 bits per heavy atom. The summed E-state index contributed by atoms with van der Waals surface area (Å²) < 4.78 is 40.0. The molecule has 1 aliphatic rings. The lowest BCUT2D eigenvalue weighted by atomic mass is 10.0. The first-order chi connectivity index (χ1) is 14.2. The van der Waals surface area contributed by atoms with E-state index in [0.717, 1.165) is 12.0 Å². The zero-order valence-electron chi connectivity index (χ0n) is 17.6. The molecule has 30 heavy (non-hydrogen) atoms. The predicted molar refractivity (Wildman–Crippen MR) is 112 cm³/mol. The Labute approximate surface area is 176 Å². The van der Waals surface area contributed by atoms with Crippen LogP contribution in [0.4, 0.5) is 10.5 Å². The first kappa shape index (κ1) is 22.1. The highest BCUT2D eigenvalue weighted by Crippen LogP contribution is 2.34. The summed E-state index contributed by atoms with van der Waals surface area (Å²) in [6.07, 6.45) is 2.20. The standard InChI is InChI=1S/C20H28N4O5S/c1-13(2)16-6-5-7-17(29-15-9-11-28-12-15)19(16)21-20(25)23-30(26,27)18-8-10-24(22-18)14(3)4/h5-8,10,13-15H,9,11-12H2,1-4H3,(H2,21,23,25)/t15-/m0/s1. The number of carbonyl (C=O) groups excluding carboxylic acids is 1. The van der Waals surface area contributed by atoms with E-state index in [2.05, 4.69) is 10.4 Å². The van der Waals surface area contributed by atoms with Crippen LogP contribution in [0.15, 0.2) is 35.5 Å². The van der Waals surface area contributed by atoms with E-state index in [9.17, 15) is 13.2 Å². The van der Waals surface area contributed by atoms with Crippen LogP contribution in [0.5, 0.6) is 5.75 Å². The smallest absolute Gasteiger partial charge is 0.333 e. The molecule has 1 aromatic heterocycles. The predicted octanol–water partition coefficient (Wildman–Crippen LogP) is 3.27.